The molecule has 2 aromatic rings. The Labute approximate surface area is 135 Å². The van der Waals surface area contributed by atoms with Gasteiger partial charge in [0.2, 0.25) is 0 Å². The summed E-state index contributed by atoms with van der Waals surface area (Å²) in [5.41, 5.74) is 1.25. The second-order valence-corrected chi connectivity index (χ2v) is 5.69. The van der Waals surface area contributed by atoms with Crippen LogP contribution in [0.25, 0.3) is 0 Å². The highest BCUT2D eigenvalue weighted by Crippen LogP contribution is 2.14. The van der Waals surface area contributed by atoms with Gasteiger partial charge in [-0.1, -0.05) is 33.6 Å². The molecular formula is C14H10BrClN2OS. The predicted octanol–water partition coefficient (Wildman–Crippen LogP) is 4.23. The Bertz CT molecular complexity index is 646. The van der Waals surface area contributed by atoms with Gasteiger partial charge in [-0.15, -0.1) is 0 Å². The van der Waals surface area contributed by atoms with Crippen LogP contribution in [0.1, 0.15) is 10.4 Å². The van der Waals surface area contributed by atoms with Crippen molar-refractivity contribution < 1.29 is 4.79 Å². The number of carbonyl (C=O) groups excluding carboxylic acids is 1. The van der Waals surface area contributed by atoms with Crippen molar-refractivity contribution in [2.24, 2.45) is 0 Å². The van der Waals surface area contributed by atoms with E-state index < -0.39 is 0 Å². The fourth-order valence-electron chi connectivity index (χ4n) is 1.50. The summed E-state index contributed by atoms with van der Waals surface area (Å²) in [6.07, 6.45) is 0. The first-order valence-corrected chi connectivity index (χ1v) is 7.26. The van der Waals surface area contributed by atoms with E-state index in [4.69, 9.17) is 23.8 Å². The molecule has 0 aliphatic heterocycles. The van der Waals surface area contributed by atoms with Crippen LogP contribution in [-0.4, -0.2) is 11.0 Å². The van der Waals surface area contributed by atoms with Crippen LogP contribution in [0.5, 0.6) is 0 Å². The van der Waals surface area contributed by atoms with Crippen LogP contribution in [0, 0.1) is 0 Å². The van der Waals surface area contributed by atoms with Crippen molar-refractivity contribution in [3.63, 3.8) is 0 Å². The zero-order chi connectivity index (χ0) is 14.5. The first-order chi connectivity index (χ1) is 9.54. The van der Waals surface area contributed by atoms with Crippen LogP contribution in [0.2, 0.25) is 5.02 Å². The zero-order valence-corrected chi connectivity index (χ0v) is 13.3. The number of rotatable bonds is 2. The third kappa shape index (κ3) is 4.30. The van der Waals surface area contributed by atoms with E-state index in [0.29, 0.717) is 10.6 Å². The summed E-state index contributed by atoms with van der Waals surface area (Å²) in [5.74, 6) is -0.304. The molecule has 2 N–H and O–H groups in total. The first-order valence-electron chi connectivity index (χ1n) is 5.68. The smallest absolute Gasteiger partial charge is 0.257 e. The summed E-state index contributed by atoms with van der Waals surface area (Å²) in [6.45, 7) is 0. The Balaban J connectivity index is 1.97. The Kier molecular flexibility index (Phi) is 5.11. The summed E-state index contributed by atoms with van der Waals surface area (Å²) in [5, 5.41) is 6.27. The number of anilines is 1. The zero-order valence-electron chi connectivity index (χ0n) is 10.2. The van der Waals surface area contributed by atoms with E-state index >= 15 is 0 Å². The molecular weight excluding hydrogens is 360 g/mol. The normalized spacial score (nSPS) is 9.90. The number of nitrogens with one attached hydrogen (secondary N) is 2. The van der Waals surface area contributed by atoms with Gasteiger partial charge in [0.25, 0.3) is 5.91 Å². The summed E-state index contributed by atoms with van der Waals surface area (Å²) in [4.78, 5) is 11.9. The third-order valence-electron chi connectivity index (χ3n) is 2.42. The van der Waals surface area contributed by atoms with Gasteiger partial charge in [-0.3, -0.25) is 10.1 Å². The van der Waals surface area contributed by atoms with E-state index in [-0.39, 0.29) is 11.0 Å². The average Bonchev–Trinajstić information content (AvgIpc) is 2.41. The SMILES string of the molecule is O=C(NC(=S)Nc1ccc(Br)cc1)c1cccc(Cl)c1. The van der Waals surface area contributed by atoms with Crippen LogP contribution in [0.4, 0.5) is 5.69 Å². The van der Waals surface area contributed by atoms with Gasteiger partial charge < -0.3 is 5.32 Å². The number of hydrogen-bond acceptors (Lipinski definition) is 2. The van der Waals surface area contributed by atoms with Crippen LogP contribution < -0.4 is 10.6 Å². The highest BCUT2D eigenvalue weighted by molar-refractivity contribution is 9.10. The molecule has 0 heterocycles. The second-order valence-electron chi connectivity index (χ2n) is 3.93. The van der Waals surface area contributed by atoms with Gasteiger partial charge in [-0.05, 0) is 54.7 Å². The summed E-state index contributed by atoms with van der Waals surface area (Å²) in [6, 6.07) is 14.1. The Hall–Kier alpha value is -1.43. The molecule has 0 bridgehead atoms. The topological polar surface area (TPSA) is 41.1 Å². The molecule has 0 spiro atoms. The lowest BCUT2D eigenvalue weighted by molar-refractivity contribution is 0.0978. The largest absolute Gasteiger partial charge is 0.332 e. The van der Waals surface area contributed by atoms with E-state index in [1.807, 2.05) is 24.3 Å². The number of benzene rings is 2. The highest BCUT2D eigenvalue weighted by atomic mass is 79.9. The van der Waals surface area contributed by atoms with Gasteiger partial charge in [0.15, 0.2) is 5.11 Å². The number of amides is 1. The maximum Gasteiger partial charge on any atom is 0.257 e. The van der Waals surface area contributed by atoms with Crippen LogP contribution in [0.15, 0.2) is 53.0 Å². The lowest BCUT2D eigenvalue weighted by atomic mass is 10.2. The maximum absolute atomic E-state index is 11.9. The van der Waals surface area contributed by atoms with Gasteiger partial charge in [0.1, 0.15) is 0 Å². The monoisotopic (exact) mass is 368 g/mol. The molecule has 0 fully saturated rings. The molecule has 0 radical (unpaired) electrons. The number of thiocarbonyl (C=S) groups is 1. The molecule has 1 amide bonds. The molecule has 102 valence electrons. The molecule has 2 aromatic carbocycles. The molecule has 20 heavy (non-hydrogen) atoms. The minimum atomic E-state index is -0.304. The van der Waals surface area contributed by atoms with Crippen LogP contribution in [0.3, 0.4) is 0 Å². The lowest BCUT2D eigenvalue weighted by Gasteiger charge is -2.09. The molecule has 0 aliphatic rings. The molecule has 0 saturated carbocycles. The average molecular weight is 370 g/mol. The van der Waals surface area contributed by atoms with E-state index in [0.717, 1.165) is 10.2 Å². The maximum atomic E-state index is 11.9. The number of halogens is 2. The van der Waals surface area contributed by atoms with Gasteiger partial charge in [-0.2, -0.15) is 0 Å². The van der Waals surface area contributed by atoms with Gasteiger partial charge in [0.05, 0.1) is 0 Å². The van der Waals surface area contributed by atoms with E-state index in [1.165, 1.54) is 0 Å². The fourth-order valence-corrected chi connectivity index (χ4v) is 2.17. The summed E-state index contributed by atoms with van der Waals surface area (Å²) >= 11 is 14.3. The molecule has 0 aromatic heterocycles. The van der Waals surface area contributed by atoms with E-state index in [2.05, 4.69) is 26.6 Å². The van der Waals surface area contributed by atoms with Gasteiger partial charge >= 0.3 is 0 Å². The van der Waals surface area contributed by atoms with E-state index in [9.17, 15) is 4.79 Å². The summed E-state index contributed by atoms with van der Waals surface area (Å²) < 4.78 is 0.969. The molecule has 6 heteroatoms. The van der Waals surface area contributed by atoms with Crippen molar-refractivity contribution in [2.75, 3.05) is 5.32 Å². The lowest BCUT2D eigenvalue weighted by Crippen LogP contribution is -2.34. The minimum absolute atomic E-state index is 0.234. The Morgan fingerprint density at radius 3 is 2.50 bits per heavy atom. The van der Waals surface area contributed by atoms with Crippen molar-refractivity contribution in [1.29, 1.82) is 0 Å². The summed E-state index contributed by atoms with van der Waals surface area (Å²) in [7, 11) is 0. The Morgan fingerprint density at radius 2 is 1.85 bits per heavy atom. The van der Waals surface area contributed by atoms with Crippen molar-refractivity contribution in [3.8, 4) is 0 Å². The van der Waals surface area contributed by atoms with E-state index in [1.54, 1.807) is 24.3 Å². The highest BCUT2D eigenvalue weighted by Gasteiger charge is 2.08. The van der Waals surface area contributed by atoms with Gasteiger partial charge in [0, 0.05) is 20.7 Å². The number of hydrogen-bond donors (Lipinski definition) is 2. The fraction of sp³-hybridized carbons (Fsp3) is 0. The van der Waals surface area contributed by atoms with Crippen molar-refractivity contribution in [3.05, 3.63) is 63.6 Å². The van der Waals surface area contributed by atoms with Crippen molar-refractivity contribution >= 4 is 56.5 Å². The molecule has 0 unspecified atom stereocenters. The van der Waals surface area contributed by atoms with Crippen LogP contribution >= 0.6 is 39.7 Å². The predicted molar refractivity (Wildman–Crippen MR) is 89.3 cm³/mol. The second kappa shape index (κ2) is 6.83. The van der Waals surface area contributed by atoms with Gasteiger partial charge in [-0.25, -0.2) is 0 Å². The standard InChI is InChI=1S/C14H10BrClN2OS/c15-10-4-6-12(7-5-10)17-14(20)18-13(19)9-2-1-3-11(16)8-9/h1-8H,(H2,17,18,19,20). The van der Waals surface area contributed by atoms with Crippen molar-refractivity contribution in [1.82, 2.24) is 5.32 Å². The Morgan fingerprint density at radius 1 is 1.15 bits per heavy atom. The molecule has 0 atom stereocenters. The third-order valence-corrected chi connectivity index (χ3v) is 3.38. The quantitative estimate of drug-likeness (QED) is 0.778. The molecule has 3 nitrogen and oxygen atoms in total. The molecule has 0 aliphatic carbocycles. The van der Waals surface area contributed by atoms with Crippen LogP contribution in [-0.2, 0) is 0 Å². The van der Waals surface area contributed by atoms with Crippen molar-refractivity contribution in [2.45, 2.75) is 0 Å². The first kappa shape index (κ1) is 15.0. The molecule has 2 rings (SSSR count). The molecule has 0 saturated heterocycles. The number of carbonyl (C=O) groups is 1. The minimum Gasteiger partial charge on any atom is -0.332 e.